The third-order valence-electron chi connectivity index (χ3n) is 3.72. The maximum Gasteiger partial charge on any atom is 0.265 e. The summed E-state index contributed by atoms with van der Waals surface area (Å²) >= 11 is 2.87. The zero-order valence-corrected chi connectivity index (χ0v) is 15.1. The van der Waals surface area contributed by atoms with E-state index >= 15 is 0 Å². The van der Waals surface area contributed by atoms with Crippen molar-refractivity contribution in [2.75, 3.05) is 10.6 Å². The molecule has 4 rings (SSSR count). The van der Waals surface area contributed by atoms with Gasteiger partial charge in [0.1, 0.15) is 0 Å². The minimum absolute atomic E-state index is 0.167. The number of carbonyl (C=O) groups is 2. The molecule has 2 heterocycles. The second-order valence-electron chi connectivity index (χ2n) is 5.50. The highest BCUT2D eigenvalue weighted by molar-refractivity contribution is 7.16. The van der Waals surface area contributed by atoms with Crippen LogP contribution in [0, 0.1) is 0 Å². The number of hydrogen-bond donors (Lipinski definition) is 2. The molecule has 0 bridgehead atoms. The quantitative estimate of drug-likeness (QED) is 0.532. The molecule has 2 N–H and O–H groups in total. The van der Waals surface area contributed by atoms with E-state index in [-0.39, 0.29) is 11.8 Å². The molecule has 26 heavy (non-hydrogen) atoms. The average Bonchev–Trinajstić information content (AvgIpc) is 3.33. The van der Waals surface area contributed by atoms with Crippen LogP contribution in [0.15, 0.2) is 65.5 Å². The highest BCUT2D eigenvalue weighted by atomic mass is 32.1. The van der Waals surface area contributed by atoms with Gasteiger partial charge in [0.05, 0.1) is 20.6 Å². The number of nitrogens with zero attached hydrogens (tertiary/aromatic N) is 1. The Balaban J connectivity index is 1.49. The fraction of sp³-hybridized carbons (Fsp3) is 0. The number of fused-ring (bicyclic) bond motifs is 1. The van der Waals surface area contributed by atoms with Crippen LogP contribution in [0.5, 0.6) is 0 Å². The Morgan fingerprint density at radius 1 is 0.846 bits per heavy atom. The molecule has 0 aliphatic carbocycles. The van der Waals surface area contributed by atoms with Gasteiger partial charge in [-0.3, -0.25) is 9.59 Å². The zero-order valence-electron chi connectivity index (χ0n) is 13.4. The molecular weight excluding hydrogens is 366 g/mol. The van der Waals surface area contributed by atoms with Crippen LogP contribution in [-0.2, 0) is 0 Å². The standard InChI is InChI=1S/C19H13N3O2S2/c23-18(12-6-7-15-17(9-12)26-11-20-15)21-13-3-1-4-14(10-13)22-19(24)16-5-2-8-25-16/h1-11H,(H,21,23)(H,22,24). The molecule has 0 saturated carbocycles. The monoisotopic (exact) mass is 379 g/mol. The number of anilines is 2. The number of aromatic nitrogens is 1. The Labute approximate surface area is 157 Å². The van der Waals surface area contributed by atoms with Gasteiger partial charge in [-0.15, -0.1) is 22.7 Å². The summed E-state index contributed by atoms with van der Waals surface area (Å²) in [6, 6.07) is 16.1. The number of benzene rings is 2. The van der Waals surface area contributed by atoms with Crippen LogP contribution in [0.2, 0.25) is 0 Å². The number of rotatable bonds is 4. The van der Waals surface area contributed by atoms with E-state index in [1.165, 1.54) is 22.7 Å². The molecule has 4 aromatic rings. The summed E-state index contributed by atoms with van der Waals surface area (Å²) in [6.07, 6.45) is 0. The first-order chi connectivity index (χ1) is 12.7. The van der Waals surface area contributed by atoms with Crippen LogP contribution in [-0.4, -0.2) is 16.8 Å². The second kappa shape index (κ2) is 7.07. The fourth-order valence-electron chi connectivity index (χ4n) is 2.47. The number of thiophene rings is 1. The van der Waals surface area contributed by atoms with Crippen molar-refractivity contribution in [3.05, 3.63) is 75.9 Å². The smallest absolute Gasteiger partial charge is 0.265 e. The molecule has 5 nitrogen and oxygen atoms in total. The van der Waals surface area contributed by atoms with Crippen LogP contribution >= 0.6 is 22.7 Å². The van der Waals surface area contributed by atoms with Crippen molar-refractivity contribution in [2.45, 2.75) is 0 Å². The summed E-state index contributed by atoms with van der Waals surface area (Å²) in [5, 5.41) is 7.54. The van der Waals surface area contributed by atoms with Crippen LogP contribution < -0.4 is 10.6 Å². The third kappa shape index (κ3) is 3.49. The average molecular weight is 379 g/mol. The Morgan fingerprint density at radius 3 is 2.42 bits per heavy atom. The van der Waals surface area contributed by atoms with Crippen molar-refractivity contribution in [3.63, 3.8) is 0 Å². The molecule has 2 aromatic carbocycles. The molecule has 0 aliphatic heterocycles. The molecule has 0 unspecified atom stereocenters. The number of carbonyl (C=O) groups excluding carboxylic acids is 2. The van der Waals surface area contributed by atoms with Gasteiger partial charge in [0.2, 0.25) is 0 Å². The molecule has 7 heteroatoms. The van der Waals surface area contributed by atoms with Gasteiger partial charge in [0.15, 0.2) is 0 Å². The van der Waals surface area contributed by atoms with E-state index in [4.69, 9.17) is 0 Å². The van der Waals surface area contributed by atoms with Crippen LogP contribution in [0.25, 0.3) is 10.2 Å². The minimum atomic E-state index is -0.206. The highest BCUT2D eigenvalue weighted by Crippen LogP contribution is 2.21. The van der Waals surface area contributed by atoms with E-state index < -0.39 is 0 Å². The first-order valence-corrected chi connectivity index (χ1v) is 9.54. The molecule has 0 spiro atoms. The summed E-state index contributed by atoms with van der Waals surface area (Å²) < 4.78 is 0.967. The number of hydrogen-bond acceptors (Lipinski definition) is 5. The fourth-order valence-corrected chi connectivity index (χ4v) is 3.81. The third-order valence-corrected chi connectivity index (χ3v) is 5.38. The predicted octanol–water partition coefficient (Wildman–Crippen LogP) is 4.86. The molecule has 0 atom stereocenters. The molecule has 0 saturated heterocycles. The van der Waals surface area contributed by atoms with E-state index in [0.29, 0.717) is 21.8 Å². The zero-order chi connectivity index (χ0) is 17.9. The molecule has 0 fully saturated rings. The summed E-state index contributed by atoms with van der Waals surface area (Å²) in [5.41, 5.74) is 4.44. The lowest BCUT2D eigenvalue weighted by Gasteiger charge is -2.08. The normalized spacial score (nSPS) is 10.6. The Morgan fingerprint density at radius 2 is 1.65 bits per heavy atom. The van der Waals surface area contributed by atoms with E-state index in [9.17, 15) is 9.59 Å². The van der Waals surface area contributed by atoms with Crippen molar-refractivity contribution < 1.29 is 9.59 Å². The lowest BCUT2D eigenvalue weighted by molar-refractivity contribution is 0.102. The second-order valence-corrected chi connectivity index (χ2v) is 7.34. The van der Waals surface area contributed by atoms with E-state index in [2.05, 4.69) is 15.6 Å². The summed E-state index contributed by atoms with van der Waals surface area (Å²) in [7, 11) is 0. The van der Waals surface area contributed by atoms with Gasteiger partial charge in [-0.25, -0.2) is 4.98 Å². The largest absolute Gasteiger partial charge is 0.322 e. The van der Waals surface area contributed by atoms with Gasteiger partial charge in [-0.05, 0) is 47.8 Å². The number of amides is 2. The summed E-state index contributed by atoms with van der Waals surface area (Å²) in [4.78, 5) is 29.5. The topological polar surface area (TPSA) is 71.1 Å². The number of thiazole rings is 1. The molecule has 2 aromatic heterocycles. The van der Waals surface area contributed by atoms with E-state index in [0.717, 1.165) is 10.2 Å². The maximum absolute atomic E-state index is 12.5. The molecule has 0 aliphatic rings. The van der Waals surface area contributed by atoms with Crippen molar-refractivity contribution in [1.82, 2.24) is 4.98 Å². The minimum Gasteiger partial charge on any atom is -0.322 e. The van der Waals surface area contributed by atoms with Gasteiger partial charge in [0, 0.05) is 16.9 Å². The van der Waals surface area contributed by atoms with Gasteiger partial charge in [0.25, 0.3) is 11.8 Å². The lowest BCUT2D eigenvalue weighted by atomic mass is 10.2. The van der Waals surface area contributed by atoms with E-state index in [1.54, 1.807) is 41.9 Å². The molecule has 2 amide bonds. The van der Waals surface area contributed by atoms with Gasteiger partial charge in [-0.1, -0.05) is 12.1 Å². The SMILES string of the molecule is O=C(Nc1cccc(NC(=O)c2cccs2)c1)c1ccc2ncsc2c1. The Kier molecular flexibility index (Phi) is 4.47. The van der Waals surface area contributed by atoms with Crippen molar-refractivity contribution in [3.8, 4) is 0 Å². The maximum atomic E-state index is 12.5. The Bertz CT molecular complexity index is 1090. The van der Waals surface area contributed by atoms with Crippen molar-refractivity contribution >= 4 is 56.1 Å². The predicted molar refractivity (Wildman–Crippen MR) is 106 cm³/mol. The summed E-state index contributed by atoms with van der Waals surface area (Å²) in [5.74, 6) is -0.374. The van der Waals surface area contributed by atoms with Crippen molar-refractivity contribution in [2.24, 2.45) is 0 Å². The molecular formula is C19H13N3O2S2. The van der Waals surface area contributed by atoms with E-state index in [1.807, 2.05) is 23.6 Å². The van der Waals surface area contributed by atoms with Gasteiger partial charge in [-0.2, -0.15) is 0 Å². The molecule has 128 valence electrons. The Hall–Kier alpha value is -3.03. The van der Waals surface area contributed by atoms with Crippen LogP contribution in [0.1, 0.15) is 20.0 Å². The highest BCUT2D eigenvalue weighted by Gasteiger charge is 2.10. The van der Waals surface area contributed by atoms with Crippen LogP contribution in [0.3, 0.4) is 0 Å². The lowest BCUT2D eigenvalue weighted by Crippen LogP contribution is -2.13. The summed E-state index contributed by atoms with van der Waals surface area (Å²) in [6.45, 7) is 0. The number of nitrogens with one attached hydrogen (secondary N) is 2. The molecule has 0 radical (unpaired) electrons. The van der Waals surface area contributed by atoms with Crippen LogP contribution in [0.4, 0.5) is 11.4 Å². The first kappa shape index (κ1) is 16.4. The van der Waals surface area contributed by atoms with Gasteiger partial charge >= 0.3 is 0 Å². The van der Waals surface area contributed by atoms with Gasteiger partial charge < -0.3 is 10.6 Å². The first-order valence-electron chi connectivity index (χ1n) is 7.78. The van der Waals surface area contributed by atoms with Crippen molar-refractivity contribution in [1.29, 1.82) is 0 Å².